The number of Topliss-reactive ketones (excluding diaryl/α,β-unsaturated/α-hetero) is 1. The minimum Gasteiger partial charge on any atom is -0.372 e. The molecular weight excluding hydrogens is 402 g/mol. The SMILES string of the molecule is COC(CC1CCC(CCN2CCC(C(=O)c3ccc(F)cc3F)CC2)CC1)C(N)=O. The summed E-state index contributed by atoms with van der Waals surface area (Å²) in [4.78, 5) is 26.3. The number of methoxy groups -OCH3 is 1. The van der Waals surface area contributed by atoms with Gasteiger partial charge in [0.1, 0.15) is 17.7 Å². The molecule has 3 rings (SSSR count). The van der Waals surface area contributed by atoms with E-state index in [0.717, 1.165) is 57.5 Å². The number of benzene rings is 1. The van der Waals surface area contributed by atoms with E-state index in [9.17, 15) is 18.4 Å². The fourth-order valence-electron chi connectivity index (χ4n) is 5.08. The van der Waals surface area contributed by atoms with Crippen molar-refractivity contribution in [1.82, 2.24) is 4.90 Å². The monoisotopic (exact) mass is 436 g/mol. The molecule has 1 atom stereocenters. The minimum atomic E-state index is -0.768. The fourth-order valence-corrected chi connectivity index (χ4v) is 5.08. The van der Waals surface area contributed by atoms with Crippen LogP contribution in [-0.2, 0) is 9.53 Å². The second kappa shape index (κ2) is 11.1. The van der Waals surface area contributed by atoms with Gasteiger partial charge in [0, 0.05) is 19.1 Å². The highest BCUT2D eigenvalue weighted by atomic mass is 19.1. The lowest BCUT2D eigenvalue weighted by molar-refractivity contribution is -0.128. The number of halogens is 2. The normalized spacial score (nSPS) is 24.1. The Hall–Kier alpha value is -1.86. The molecule has 1 saturated heterocycles. The number of hydrogen-bond donors (Lipinski definition) is 1. The molecule has 31 heavy (non-hydrogen) atoms. The van der Waals surface area contributed by atoms with Gasteiger partial charge in [-0.3, -0.25) is 9.59 Å². The Bertz CT molecular complexity index is 757. The van der Waals surface area contributed by atoms with Crippen LogP contribution in [0, 0.1) is 29.4 Å². The summed E-state index contributed by atoms with van der Waals surface area (Å²) in [5.41, 5.74) is 5.38. The standard InChI is InChI=1S/C24H34F2N2O3/c1-31-22(24(27)30)14-17-4-2-16(3-5-17)8-11-28-12-9-18(10-13-28)23(29)20-7-6-19(25)15-21(20)26/h6-7,15-18,22H,2-5,8-14H2,1H3,(H2,27,30). The van der Waals surface area contributed by atoms with Crippen molar-refractivity contribution in [2.45, 2.75) is 57.5 Å². The van der Waals surface area contributed by atoms with Crippen LogP contribution in [0.3, 0.4) is 0 Å². The summed E-state index contributed by atoms with van der Waals surface area (Å²) in [6.07, 6.45) is 7.36. The molecule has 1 saturated carbocycles. The Balaban J connectivity index is 1.36. The van der Waals surface area contributed by atoms with Crippen molar-refractivity contribution in [2.24, 2.45) is 23.5 Å². The van der Waals surface area contributed by atoms with Gasteiger partial charge in [-0.1, -0.05) is 25.7 Å². The third-order valence-electron chi connectivity index (χ3n) is 7.12. The Morgan fingerprint density at radius 3 is 2.32 bits per heavy atom. The molecule has 2 N–H and O–H groups in total. The number of ether oxygens (including phenoxy) is 1. The molecule has 1 aliphatic carbocycles. The smallest absolute Gasteiger partial charge is 0.246 e. The Morgan fingerprint density at radius 1 is 1.10 bits per heavy atom. The number of piperidine rings is 1. The highest BCUT2D eigenvalue weighted by Gasteiger charge is 2.29. The van der Waals surface area contributed by atoms with Crippen molar-refractivity contribution in [1.29, 1.82) is 0 Å². The van der Waals surface area contributed by atoms with E-state index in [1.165, 1.54) is 26.0 Å². The van der Waals surface area contributed by atoms with E-state index in [1.54, 1.807) is 0 Å². The van der Waals surface area contributed by atoms with Gasteiger partial charge >= 0.3 is 0 Å². The number of carbonyl (C=O) groups excluding carboxylic acids is 2. The summed E-state index contributed by atoms with van der Waals surface area (Å²) in [6, 6.07) is 3.18. The van der Waals surface area contributed by atoms with E-state index in [-0.39, 0.29) is 23.2 Å². The number of rotatable bonds is 9. The second-order valence-corrected chi connectivity index (χ2v) is 9.14. The quantitative estimate of drug-likeness (QED) is 0.595. The molecule has 7 heteroatoms. The van der Waals surface area contributed by atoms with Crippen LogP contribution in [0.25, 0.3) is 0 Å². The predicted octanol–water partition coefficient (Wildman–Crippen LogP) is 3.95. The van der Waals surface area contributed by atoms with Gasteiger partial charge in [-0.05, 0) is 69.3 Å². The lowest BCUT2D eigenvalue weighted by Gasteiger charge is -2.34. The van der Waals surface area contributed by atoms with Gasteiger partial charge in [-0.25, -0.2) is 8.78 Å². The number of likely N-dealkylation sites (tertiary alicyclic amines) is 1. The number of primary amides is 1. The molecule has 0 bridgehead atoms. The third-order valence-corrected chi connectivity index (χ3v) is 7.12. The second-order valence-electron chi connectivity index (χ2n) is 9.14. The maximum atomic E-state index is 13.9. The number of carbonyl (C=O) groups is 2. The van der Waals surface area contributed by atoms with Crippen LogP contribution >= 0.6 is 0 Å². The molecule has 5 nitrogen and oxygen atoms in total. The van der Waals surface area contributed by atoms with Crippen molar-refractivity contribution in [3.8, 4) is 0 Å². The van der Waals surface area contributed by atoms with Crippen LogP contribution in [-0.4, -0.2) is 49.4 Å². The first-order valence-corrected chi connectivity index (χ1v) is 11.4. The molecule has 1 amide bonds. The summed E-state index contributed by atoms with van der Waals surface area (Å²) in [6.45, 7) is 2.69. The zero-order valence-electron chi connectivity index (χ0n) is 18.3. The van der Waals surface area contributed by atoms with E-state index in [2.05, 4.69) is 4.90 Å². The van der Waals surface area contributed by atoms with E-state index >= 15 is 0 Å². The van der Waals surface area contributed by atoms with Crippen LogP contribution in [0.4, 0.5) is 8.78 Å². The topological polar surface area (TPSA) is 72.6 Å². The average Bonchev–Trinajstić information content (AvgIpc) is 2.76. The summed E-state index contributed by atoms with van der Waals surface area (Å²) in [5.74, 6) is -1.01. The first-order valence-electron chi connectivity index (χ1n) is 11.4. The molecule has 0 aromatic heterocycles. The summed E-state index contributed by atoms with van der Waals surface area (Å²) in [5, 5.41) is 0. The number of amides is 1. The molecular formula is C24H34F2N2O3. The highest BCUT2D eigenvalue weighted by Crippen LogP contribution is 2.34. The number of nitrogens with two attached hydrogens (primary N) is 1. The van der Waals surface area contributed by atoms with Crippen molar-refractivity contribution >= 4 is 11.7 Å². The number of nitrogens with zero attached hydrogens (tertiary/aromatic N) is 1. The first-order chi connectivity index (χ1) is 14.9. The van der Waals surface area contributed by atoms with E-state index < -0.39 is 17.7 Å². The number of ketones is 1. The van der Waals surface area contributed by atoms with Crippen molar-refractivity contribution in [2.75, 3.05) is 26.7 Å². The maximum absolute atomic E-state index is 13.9. The molecule has 0 spiro atoms. The molecule has 1 aliphatic heterocycles. The van der Waals surface area contributed by atoms with Crippen molar-refractivity contribution in [3.63, 3.8) is 0 Å². The fraction of sp³-hybridized carbons (Fsp3) is 0.667. The molecule has 0 radical (unpaired) electrons. The predicted molar refractivity (Wildman–Crippen MR) is 115 cm³/mol. The lowest BCUT2D eigenvalue weighted by Crippen LogP contribution is -2.38. The molecule has 1 aromatic carbocycles. The van der Waals surface area contributed by atoms with Gasteiger partial charge in [0.05, 0.1) is 5.56 Å². The van der Waals surface area contributed by atoms with Crippen LogP contribution in [0.5, 0.6) is 0 Å². The molecule has 1 unspecified atom stereocenters. The van der Waals surface area contributed by atoms with E-state index in [1.807, 2.05) is 0 Å². The maximum Gasteiger partial charge on any atom is 0.246 e. The van der Waals surface area contributed by atoms with Gasteiger partial charge in [-0.15, -0.1) is 0 Å². The zero-order chi connectivity index (χ0) is 22.4. The zero-order valence-corrected chi connectivity index (χ0v) is 18.3. The Kier molecular flexibility index (Phi) is 8.55. The Labute approximate surface area is 183 Å². The molecule has 1 aromatic rings. The molecule has 2 fully saturated rings. The summed E-state index contributed by atoms with van der Waals surface area (Å²) >= 11 is 0. The van der Waals surface area contributed by atoms with Crippen LogP contribution in [0.15, 0.2) is 18.2 Å². The van der Waals surface area contributed by atoms with Gasteiger partial charge in [0.15, 0.2) is 5.78 Å². The molecule has 172 valence electrons. The van der Waals surface area contributed by atoms with Crippen molar-refractivity contribution in [3.05, 3.63) is 35.4 Å². The average molecular weight is 437 g/mol. The van der Waals surface area contributed by atoms with Gasteiger partial charge in [0.25, 0.3) is 0 Å². The van der Waals surface area contributed by atoms with Crippen LogP contribution < -0.4 is 5.73 Å². The van der Waals surface area contributed by atoms with Crippen LogP contribution in [0.1, 0.15) is 61.7 Å². The first kappa shape index (κ1) is 23.8. The minimum absolute atomic E-state index is 0.00339. The summed E-state index contributed by atoms with van der Waals surface area (Å²) < 4.78 is 32.2. The van der Waals surface area contributed by atoms with Gasteiger partial charge < -0.3 is 15.4 Å². The van der Waals surface area contributed by atoms with E-state index in [0.29, 0.717) is 24.7 Å². The van der Waals surface area contributed by atoms with Crippen LogP contribution in [0.2, 0.25) is 0 Å². The molecule has 2 aliphatic rings. The van der Waals surface area contributed by atoms with Gasteiger partial charge in [-0.2, -0.15) is 0 Å². The summed E-state index contributed by atoms with van der Waals surface area (Å²) in [7, 11) is 1.54. The highest BCUT2D eigenvalue weighted by molar-refractivity contribution is 5.98. The lowest BCUT2D eigenvalue weighted by atomic mass is 9.78. The number of hydrogen-bond acceptors (Lipinski definition) is 4. The van der Waals surface area contributed by atoms with Gasteiger partial charge in [0.2, 0.25) is 5.91 Å². The molecule has 1 heterocycles. The third kappa shape index (κ3) is 6.56. The largest absolute Gasteiger partial charge is 0.372 e. The van der Waals surface area contributed by atoms with Crippen molar-refractivity contribution < 1.29 is 23.1 Å². The van der Waals surface area contributed by atoms with E-state index in [4.69, 9.17) is 10.5 Å². The Morgan fingerprint density at radius 2 is 1.74 bits per heavy atom.